The number of ether oxygens (including phenoxy) is 1. The molecule has 0 unspecified atom stereocenters. The predicted molar refractivity (Wildman–Crippen MR) is 145 cm³/mol. The average molecular weight is 565 g/mol. The van der Waals surface area contributed by atoms with Crippen molar-refractivity contribution in [3.8, 4) is 17.0 Å². The van der Waals surface area contributed by atoms with Crippen LogP contribution in [0.4, 0.5) is 18.9 Å². The molecule has 1 saturated heterocycles. The molecule has 0 bridgehead atoms. The average Bonchev–Trinajstić information content (AvgIpc) is 3.58. The fraction of sp³-hybridized carbons (Fsp3) is 0.367. The Morgan fingerprint density at radius 3 is 2.56 bits per heavy atom. The minimum absolute atomic E-state index is 0.00614. The van der Waals surface area contributed by atoms with Gasteiger partial charge in [0.25, 0.3) is 0 Å². The zero-order valence-electron chi connectivity index (χ0n) is 22.2. The molecule has 2 aromatic heterocycles. The van der Waals surface area contributed by atoms with Gasteiger partial charge in [0.1, 0.15) is 17.2 Å². The summed E-state index contributed by atoms with van der Waals surface area (Å²) in [5, 5.41) is 18.6. The van der Waals surface area contributed by atoms with Crippen molar-refractivity contribution < 1.29 is 32.3 Å². The third-order valence-electron chi connectivity index (χ3n) is 8.54. The largest absolute Gasteiger partial charge is 0.573 e. The summed E-state index contributed by atoms with van der Waals surface area (Å²) in [6, 6.07) is 11.9. The number of anilines is 1. The molecule has 4 aromatic rings. The van der Waals surface area contributed by atoms with Gasteiger partial charge in [-0.15, -0.1) is 13.2 Å². The van der Waals surface area contributed by atoms with E-state index in [1.165, 1.54) is 12.1 Å². The quantitative estimate of drug-likeness (QED) is 0.276. The molecule has 0 atom stereocenters. The second-order valence-electron chi connectivity index (χ2n) is 11.3. The Morgan fingerprint density at radius 1 is 1.15 bits per heavy atom. The van der Waals surface area contributed by atoms with Crippen molar-refractivity contribution in [1.82, 2.24) is 14.9 Å². The molecule has 41 heavy (non-hydrogen) atoms. The first-order valence-corrected chi connectivity index (χ1v) is 13.6. The number of nitrogens with zero attached hydrogens (tertiary/aromatic N) is 4. The number of carboxylic acids is 1. The number of hydrogen-bond donors (Lipinski definition) is 1. The molecule has 1 aliphatic heterocycles. The number of fused-ring (bicyclic) bond motifs is 1. The maximum absolute atomic E-state index is 13.1. The van der Waals surface area contributed by atoms with Gasteiger partial charge in [-0.1, -0.05) is 23.4 Å². The Labute approximate surface area is 233 Å². The molecule has 1 N–H and O–H groups in total. The molecule has 2 fully saturated rings. The number of carbonyl (C=O) groups is 1. The highest BCUT2D eigenvalue weighted by atomic mass is 19.4. The molecule has 2 aliphatic carbocycles. The van der Waals surface area contributed by atoms with Gasteiger partial charge in [-0.25, -0.2) is 4.79 Å². The van der Waals surface area contributed by atoms with Gasteiger partial charge in [0.05, 0.1) is 5.52 Å². The van der Waals surface area contributed by atoms with Gasteiger partial charge in [-0.3, -0.25) is 4.68 Å². The SMILES string of the molecule is Cn1nc(C(=O)O)c2cc(N3CCC4(C=C(c5c(-c6ccccc6OC(F)(F)F)noc5C5CC5)C4)CC3)ccc21. The van der Waals surface area contributed by atoms with Gasteiger partial charge < -0.3 is 19.3 Å². The highest BCUT2D eigenvalue weighted by Crippen LogP contribution is 2.56. The standard InChI is InChI=1S/C30H27F3N4O4/c1-36-22-9-8-19(14-21(22)26(34-36)28(38)39)37-12-10-29(11-13-37)15-18(16-29)24-25(35-41-27(24)17-6-7-17)20-4-2-3-5-23(20)40-30(31,32)33/h2-5,8-9,14-15,17H,6-7,10-13,16H2,1H3,(H,38,39). The Morgan fingerprint density at radius 2 is 1.88 bits per heavy atom. The summed E-state index contributed by atoms with van der Waals surface area (Å²) >= 11 is 0. The van der Waals surface area contributed by atoms with Gasteiger partial charge >= 0.3 is 12.3 Å². The zero-order chi connectivity index (χ0) is 28.5. The molecule has 1 spiro atoms. The molecule has 1 saturated carbocycles. The van der Waals surface area contributed by atoms with Gasteiger partial charge in [0.2, 0.25) is 0 Å². The summed E-state index contributed by atoms with van der Waals surface area (Å²) in [7, 11) is 1.73. The van der Waals surface area contributed by atoms with Gasteiger partial charge in [-0.05, 0) is 73.4 Å². The second kappa shape index (κ2) is 9.12. The molecule has 0 radical (unpaired) electrons. The number of alkyl halides is 3. The van der Waals surface area contributed by atoms with Crippen LogP contribution in [-0.2, 0) is 7.05 Å². The van der Waals surface area contributed by atoms with Crippen LogP contribution in [0.25, 0.3) is 27.7 Å². The van der Waals surface area contributed by atoms with E-state index in [-0.39, 0.29) is 28.3 Å². The van der Waals surface area contributed by atoms with Crippen LogP contribution in [0.5, 0.6) is 5.75 Å². The van der Waals surface area contributed by atoms with Crippen LogP contribution in [0.2, 0.25) is 0 Å². The lowest BCUT2D eigenvalue weighted by Gasteiger charge is -2.47. The molecule has 11 heteroatoms. The van der Waals surface area contributed by atoms with Crippen molar-refractivity contribution in [3.63, 3.8) is 0 Å². The van der Waals surface area contributed by atoms with Gasteiger partial charge in [-0.2, -0.15) is 5.10 Å². The van der Waals surface area contributed by atoms with Crippen LogP contribution in [-0.4, -0.2) is 45.5 Å². The lowest BCUT2D eigenvalue weighted by Crippen LogP contribution is -2.42. The maximum Gasteiger partial charge on any atom is 0.573 e. The normalized spacial score (nSPS) is 18.4. The topological polar surface area (TPSA) is 93.6 Å². The number of hydrogen-bond acceptors (Lipinski definition) is 6. The van der Waals surface area contributed by atoms with Crippen LogP contribution >= 0.6 is 0 Å². The van der Waals surface area contributed by atoms with E-state index >= 15 is 0 Å². The number of carboxylic acid groups (broad SMARTS) is 1. The highest BCUT2D eigenvalue weighted by Gasteiger charge is 2.44. The fourth-order valence-corrected chi connectivity index (χ4v) is 6.32. The minimum atomic E-state index is -4.82. The first kappa shape index (κ1) is 25.7. The van der Waals surface area contributed by atoms with E-state index in [9.17, 15) is 23.1 Å². The summed E-state index contributed by atoms with van der Waals surface area (Å²) in [6.45, 7) is 1.60. The summed E-state index contributed by atoms with van der Waals surface area (Å²) in [6.07, 6.45) is 1.99. The molecule has 3 heterocycles. The number of allylic oxidation sites excluding steroid dienone is 2. The number of piperidine rings is 1. The Balaban J connectivity index is 1.15. The smallest absolute Gasteiger partial charge is 0.476 e. The van der Waals surface area contributed by atoms with Crippen molar-refractivity contribution >= 4 is 28.1 Å². The molecule has 0 amide bonds. The third kappa shape index (κ3) is 4.53. The lowest BCUT2D eigenvalue weighted by atomic mass is 9.63. The second-order valence-corrected chi connectivity index (χ2v) is 11.3. The number of para-hydroxylation sites is 1. The van der Waals surface area contributed by atoms with E-state index in [2.05, 4.69) is 26.0 Å². The van der Waals surface area contributed by atoms with Crippen LogP contribution < -0.4 is 9.64 Å². The summed E-state index contributed by atoms with van der Waals surface area (Å²) in [4.78, 5) is 13.9. The van der Waals surface area contributed by atoms with E-state index in [0.717, 1.165) is 73.3 Å². The van der Waals surface area contributed by atoms with Crippen molar-refractivity contribution in [2.45, 2.75) is 44.4 Å². The van der Waals surface area contributed by atoms with Crippen molar-refractivity contribution in [2.24, 2.45) is 12.5 Å². The predicted octanol–water partition coefficient (Wildman–Crippen LogP) is 6.78. The van der Waals surface area contributed by atoms with Gasteiger partial charge in [0.15, 0.2) is 5.69 Å². The van der Waals surface area contributed by atoms with E-state index in [1.54, 1.807) is 23.9 Å². The fourth-order valence-electron chi connectivity index (χ4n) is 6.32. The number of aryl methyl sites for hydroxylation is 1. The molecular weight excluding hydrogens is 537 g/mol. The van der Waals surface area contributed by atoms with Gasteiger partial charge in [0, 0.05) is 48.3 Å². The van der Waals surface area contributed by atoms with Crippen LogP contribution in [0, 0.1) is 5.41 Å². The number of rotatable bonds is 6. The molecular formula is C30H27F3N4O4. The molecule has 3 aliphatic rings. The lowest BCUT2D eigenvalue weighted by molar-refractivity contribution is -0.274. The van der Waals surface area contributed by atoms with Crippen LogP contribution in [0.3, 0.4) is 0 Å². The van der Waals surface area contributed by atoms with Crippen molar-refractivity contribution in [2.75, 3.05) is 18.0 Å². The van der Waals surface area contributed by atoms with E-state index in [1.807, 2.05) is 18.2 Å². The van der Waals surface area contributed by atoms with Crippen LogP contribution in [0.15, 0.2) is 53.1 Å². The van der Waals surface area contributed by atoms with E-state index in [0.29, 0.717) is 11.1 Å². The molecule has 2 aromatic carbocycles. The Hall–Kier alpha value is -4.28. The first-order valence-electron chi connectivity index (χ1n) is 13.6. The first-order chi connectivity index (χ1) is 19.6. The number of benzene rings is 2. The molecule has 212 valence electrons. The summed E-state index contributed by atoms with van der Waals surface area (Å²) < 4.78 is 51.0. The Bertz CT molecular complexity index is 1710. The number of halogens is 3. The summed E-state index contributed by atoms with van der Waals surface area (Å²) in [5.41, 5.74) is 4.29. The van der Waals surface area contributed by atoms with Crippen molar-refractivity contribution in [1.29, 1.82) is 0 Å². The van der Waals surface area contributed by atoms with E-state index < -0.39 is 12.3 Å². The summed E-state index contributed by atoms with van der Waals surface area (Å²) in [5.74, 6) is -0.362. The number of aromatic nitrogens is 3. The minimum Gasteiger partial charge on any atom is -0.476 e. The highest BCUT2D eigenvalue weighted by molar-refractivity contribution is 6.02. The zero-order valence-corrected chi connectivity index (χ0v) is 22.2. The monoisotopic (exact) mass is 564 g/mol. The number of aromatic carboxylic acids is 1. The van der Waals surface area contributed by atoms with Crippen molar-refractivity contribution in [3.05, 3.63) is 65.6 Å². The molecule has 8 nitrogen and oxygen atoms in total. The maximum atomic E-state index is 13.1. The van der Waals surface area contributed by atoms with E-state index in [4.69, 9.17) is 4.52 Å². The molecule has 7 rings (SSSR count). The van der Waals surface area contributed by atoms with Crippen LogP contribution in [0.1, 0.15) is 59.8 Å². The third-order valence-corrected chi connectivity index (χ3v) is 8.54. The Kier molecular flexibility index (Phi) is 5.71.